The maximum absolute atomic E-state index is 12.8. The van der Waals surface area contributed by atoms with E-state index in [1.807, 2.05) is 0 Å². The molecule has 1 amide bonds. The molecule has 1 aromatic heterocycles. The second-order valence-electron chi connectivity index (χ2n) is 5.88. The van der Waals surface area contributed by atoms with Crippen LogP contribution in [0.25, 0.3) is 0 Å². The number of nitrogens with one attached hydrogen (secondary N) is 2. The molecule has 0 aliphatic carbocycles. The first kappa shape index (κ1) is 19.3. The summed E-state index contributed by atoms with van der Waals surface area (Å²) in [5.41, 5.74) is 0.893. The van der Waals surface area contributed by atoms with Gasteiger partial charge in [-0.3, -0.25) is 4.79 Å². The quantitative estimate of drug-likeness (QED) is 0.638. The Morgan fingerprint density at radius 2 is 1.86 bits per heavy atom. The van der Waals surface area contributed by atoms with E-state index in [1.165, 1.54) is 18.2 Å². The van der Waals surface area contributed by atoms with Crippen molar-refractivity contribution in [2.24, 2.45) is 0 Å². The highest BCUT2D eigenvalue weighted by Gasteiger charge is 2.31. The molecule has 0 aliphatic heterocycles. The Bertz CT molecular complexity index is 942. The third-order valence-electron chi connectivity index (χ3n) is 3.65. The number of halogens is 3. The Labute approximate surface area is 158 Å². The van der Waals surface area contributed by atoms with Gasteiger partial charge in [0.1, 0.15) is 17.6 Å². The molecule has 0 saturated heterocycles. The highest BCUT2D eigenvalue weighted by atomic mass is 19.4. The lowest BCUT2D eigenvalue weighted by Crippen LogP contribution is -2.27. The zero-order valence-corrected chi connectivity index (χ0v) is 14.7. The van der Waals surface area contributed by atoms with Crippen molar-refractivity contribution in [3.63, 3.8) is 0 Å². The number of ether oxygens (including phenoxy) is 1. The second-order valence-corrected chi connectivity index (χ2v) is 5.88. The van der Waals surface area contributed by atoms with Gasteiger partial charge in [0.2, 0.25) is 0 Å². The Kier molecular flexibility index (Phi) is 5.53. The Hall–Kier alpha value is -3.49. The summed E-state index contributed by atoms with van der Waals surface area (Å²) >= 11 is 0. The van der Waals surface area contributed by atoms with Crippen molar-refractivity contribution in [3.8, 4) is 5.75 Å². The smallest absolute Gasteiger partial charge is 0.406 e. The van der Waals surface area contributed by atoms with Crippen LogP contribution in [0.5, 0.6) is 5.75 Å². The molecule has 146 valence electrons. The molecule has 9 heteroatoms. The van der Waals surface area contributed by atoms with E-state index in [0.29, 0.717) is 11.3 Å². The first-order valence-corrected chi connectivity index (χ1v) is 8.22. The molecule has 0 fully saturated rings. The first-order valence-electron chi connectivity index (χ1n) is 8.22. The van der Waals surface area contributed by atoms with E-state index in [0.717, 1.165) is 6.07 Å². The van der Waals surface area contributed by atoms with E-state index in [1.54, 1.807) is 43.3 Å². The summed E-state index contributed by atoms with van der Waals surface area (Å²) < 4.78 is 46.2. The second kappa shape index (κ2) is 8.03. The normalized spacial score (nSPS) is 12.3. The summed E-state index contributed by atoms with van der Waals surface area (Å²) in [4.78, 5) is 12.8. The fourth-order valence-electron chi connectivity index (χ4n) is 2.52. The molecule has 2 N–H and O–H groups in total. The van der Waals surface area contributed by atoms with Crippen molar-refractivity contribution in [1.82, 2.24) is 5.16 Å². The summed E-state index contributed by atoms with van der Waals surface area (Å²) in [5.74, 6) is -0.0885. The minimum atomic E-state index is -4.81. The average molecular weight is 391 g/mol. The number of hydrogen-bond acceptors (Lipinski definition) is 5. The van der Waals surface area contributed by atoms with Gasteiger partial charge in [-0.1, -0.05) is 41.6 Å². The monoisotopic (exact) mass is 391 g/mol. The minimum Gasteiger partial charge on any atom is -0.406 e. The number of rotatable bonds is 6. The molecule has 1 unspecified atom stereocenters. The van der Waals surface area contributed by atoms with Crippen LogP contribution in [0, 0.1) is 6.92 Å². The summed E-state index contributed by atoms with van der Waals surface area (Å²) in [6.45, 7) is 1.68. The molecule has 2 aromatic carbocycles. The molecule has 1 atom stereocenters. The maximum atomic E-state index is 12.8. The summed E-state index contributed by atoms with van der Waals surface area (Å²) in [7, 11) is 0. The predicted molar refractivity (Wildman–Crippen MR) is 95.8 cm³/mol. The van der Waals surface area contributed by atoms with Gasteiger partial charge in [-0.05, 0) is 24.6 Å². The van der Waals surface area contributed by atoms with Crippen LogP contribution >= 0.6 is 0 Å². The molecule has 0 radical (unpaired) electrons. The summed E-state index contributed by atoms with van der Waals surface area (Å²) in [6.07, 6.45) is -4.81. The van der Waals surface area contributed by atoms with Gasteiger partial charge in [0, 0.05) is 17.8 Å². The fraction of sp³-hybridized carbons (Fsp3) is 0.158. The van der Waals surface area contributed by atoms with Crippen LogP contribution in [-0.2, 0) is 4.79 Å². The van der Waals surface area contributed by atoms with Gasteiger partial charge in [0.05, 0.1) is 0 Å². The molecule has 0 bridgehead atoms. The van der Waals surface area contributed by atoms with Crippen LogP contribution in [0.3, 0.4) is 0 Å². The maximum Gasteiger partial charge on any atom is 0.573 e. The number of benzene rings is 2. The molecule has 6 nitrogen and oxygen atoms in total. The predicted octanol–water partition coefficient (Wildman–Crippen LogP) is 4.67. The van der Waals surface area contributed by atoms with Gasteiger partial charge >= 0.3 is 6.36 Å². The number of hydrogen-bond donors (Lipinski definition) is 2. The van der Waals surface area contributed by atoms with Gasteiger partial charge in [-0.15, -0.1) is 13.2 Å². The average Bonchev–Trinajstić information content (AvgIpc) is 3.04. The largest absolute Gasteiger partial charge is 0.573 e. The van der Waals surface area contributed by atoms with Gasteiger partial charge < -0.3 is 19.9 Å². The molecule has 1 heterocycles. The van der Waals surface area contributed by atoms with Crippen molar-refractivity contribution >= 4 is 17.4 Å². The van der Waals surface area contributed by atoms with Gasteiger partial charge in [-0.2, -0.15) is 0 Å². The fourth-order valence-corrected chi connectivity index (χ4v) is 2.52. The Morgan fingerprint density at radius 3 is 2.50 bits per heavy atom. The number of aromatic nitrogens is 1. The molecule has 3 rings (SSSR count). The lowest BCUT2D eigenvalue weighted by molar-refractivity contribution is -0.274. The van der Waals surface area contributed by atoms with Crippen molar-refractivity contribution in [1.29, 1.82) is 0 Å². The lowest BCUT2D eigenvalue weighted by Gasteiger charge is -2.20. The van der Waals surface area contributed by atoms with Crippen LogP contribution in [0.4, 0.5) is 24.7 Å². The topological polar surface area (TPSA) is 76.4 Å². The van der Waals surface area contributed by atoms with Crippen LogP contribution < -0.4 is 15.4 Å². The number of alkyl halides is 3. The first-order chi connectivity index (χ1) is 13.3. The van der Waals surface area contributed by atoms with E-state index < -0.39 is 24.1 Å². The van der Waals surface area contributed by atoms with Crippen LogP contribution in [0.1, 0.15) is 17.4 Å². The van der Waals surface area contributed by atoms with Gasteiger partial charge in [0.15, 0.2) is 5.82 Å². The number of aryl methyl sites for hydroxylation is 1. The lowest BCUT2D eigenvalue weighted by atomic mass is 10.1. The number of carbonyl (C=O) groups excluding carboxylic acids is 1. The molecule has 28 heavy (non-hydrogen) atoms. The molecule has 0 saturated carbocycles. The van der Waals surface area contributed by atoms with Crippen molar-refractivity contribution < 1.29 is 27.2 Å². The van der Waals surface area contributed by atoms with E-state index in [9.17, 15) is 18.0 Å². The van der Waals surface area contributed by atoms with Crippen molar-refractivity contribution in [2.75, 3.05) is 10.6 Å². The molecule has 0 aliphatic rings. The van der Waals surface area contributed by atoms with Crippen LogP contribution in [0.2, 0.25) is 0 Å². The Balaban J connectivity index is 1.84. The zero-order chi connectivity index (χ0) is 20.1. The molecule has 3 aromatic rings. The van der Waals surface area contributed by atoms with E-state index in [-0.39, 0.29) is 11.5 Å². The molecular formula is C19H16F3N3O3. The van der Waals surface area contributed by atoms with E-state index in [4.69, 9.17) is 4.52 Å². The number of anilines is 2. The van der Waals surface area contributed by atoms with Gasteiger partial charge in [-0.25, -0.2) is 0 Å². The summed E-state index contributed by atoms with van der Waals surface area (Å²) in [6, 6.07) is 14.7. The van der Waals surface area contributed by atoms with Crippen LogP contribution in [0.15, 0.2) is 65.2 Å². The SMILES string of the molecule is Cc1cc(NC(=O)C(Nc2cccc(OC(F)(F)F)c2)c2ccccc2)no1. The number of nitrogens with zero attached hydrogens (tertiary/aromatic N) is 1. The van der Waals surface area contributed by atoms with Crippen molar-refractivity contribution in [3.05, 3.63) is 72.0 Å². The zero-order valence-electron chi connectivity index (χ0n) is 14.7. The number of carbonyl (C=O) groups is 1. The van der Waals surface area contributed by atoms with E-state index in [2.05, 4.69) is 20.5 Å². The van der Waals surface area contributed by atoms with Gasteiger partial charge in [0.25, 0.3) is 5.91 Å². The third kappa shape index (κ3) is 5.26. The minimum absolute atomic E-state index is 0.236. The van der Waals surface area contributed by atoms with Crippen LogP contribution in [-0.4, -0.2) is 17.4 Å². The standard InChI is InChI=1S/C19H16F3N3O3/c1-12-10-16(25-28-12)24-18(26)17(13-6-3-2-4-7-13)23-14-8-5-9-15(11-14)27-19(20,21)22/h2-11,17,23H,1H3,(H,24,25,26). The highest BCUT2D eigenvalue weighted by Crippen LogP contribution is 2.28. The summed E-state index contributed by atoms with van der Waals surface area (Å²) in [5, 5.41) is 9.26. The number of amides is 1. The van der Waals surface area contributed by atoms with E-state index >= 15 is 0 Å². The molecular weight excluding hydrogens is 375 g/mol. The third-order valence-corrected chi connectivity index (χ3v) is 3.65. The van der Waals surface area contributed by atoms with Crippen molar-refractivity contribution in [2.45, 2.75) is 19.3 Å². The molecule has 0 spiro atoms. The Morgan fingerprint density at radius 1 is 1.11 bits per heavy atom. The highest BCUT2D eigenvalue weighted by molar-refractivity contribution is 5.96.